The zero-order chi connectivity index (χ0) is 21.3. The first-order valence-corrected chi connectivity index (χ1v) is 9.33. The molecule has 0 radical (unpaired) electrons. The largest absolute Gasteiger partial charge is 0.497 e. The summed E-state index contributed by atoms with van der Waals surface area (Å²) in [6.45, 7) is 0. The summed E-state index contributed by atoms with van der Waals surface area (Å²) in [4.78, 5) is 24.1. The Morgan fingerprint density at radius 1 is 1.00 bits per heavy atom. The molecule has 8 heteroatoms. The number of hydrogen-bond donors (Lipinski definition) is 3. The molecule has 152 valence electrons. The Hall–Kier alpha value is -3.91. The Labute approximate surface area is 178 Å². The Morgan fingerprint density at radius 3 is 2.40 bits per heavy atom. The van der Waals surface area contributed by atoms with E-state index >= 15 is 0 Å². The van der Waals surface area contributed by atoms with Crippen LogP contribution < -0.4 is 20.7 Å². The molecule has 0 saturated heterocycles. The van der Waals surface area contributed by atoms with Gasteiger partial charge in [-0.05, 0) is 66.3 Å². The van der Waals surface area contributed by atoms with Crippen molar-refractivity contribution in [3.63, 3.8) is 0 Å². The van der Waals surface area contributed by atoms with Gasteiger partial charge in [-0.3, -0.25) is 14.9 Å². The highest BCUT2D eigenvalue weighted by Crippen LogP contribution is 2.16. The number of amides is 2. The number of thiocarbonyl (C=S) groups is 1. The third kappa shape index (κ3) is 6.05. The van der Waals surface area contributed by atoms with E-state index in [-0.39, 0.29) is 22.7 Å². The molecule has 2 amide bonds. The van der Waals surface area contributed by atoms with Crippen LogP contribution in [-0.2, 0) is 4.79 Å². The summed E-state index contributed by atoms with van der Waals surface area (Å²) in [7, 11) is 1.59. The van der Waals surface area contributed by atoms with Gasteiger partial charge in [0.15, 0.2) is 10.9 Å². The number of rotatable bonds is 6. The molecule has 0 saturated carbocycles. The molecular formula is C22H19N3O4S. The minimum absolute atomic E-state index is 0.133. The van der Waals surface area contributed by atoms with Crippen molar-refractivity contribution in [1.29, 1.82) is 0 Å². The van der Waals surface area contributed by atoms with Gasteiger partial charge in [0.25, 0.3) is 5.91 Å². The average molecular weight is 421 g/mol. The van der Waals surface area contributed by atoms with E-state index in [1.807, 2.05) is 12.1 Å². The molecular weight excluding hydrogens is 402 g/mol. The molecule has 1 heterocycles. The lowest BCUT2D eigenvalue weighted by Crippen LogP contribution is -2.32. The fourth-order valence-corrected chi connectivity index (χ4v) is 2.70. The molecule has 2 aromatic carbocycles. The van der Waals surface area contributed by atoms with E-state index in [4.69, 9.17) is 21.4 Å². The lowest BCUT2D eigenvalue weighted by molar-refractivity contribution is -0.115. The quantitative estimate of drug-likeness (QED) is 0.411. The Kier molecular flexibility index (Phi) is 6.96. The highest BCUT2D eigenvalue weighted by Gasteiger charge is 2.09. The zero-order valence-electron chi connectivity index (χ0n) is 16.0. The number of hydrogen-bond acceptors (Lipinski definition) is 5. The molecule has 0 aliphatic heterocycles. The standard InChI is InChI=1S/C22H19N3O4S/c1-28-18-10-7-15(8-11-18)9-12-20(26)25-22(30)24-17-5-2-4-16(14-17)23-21(27)19-6-3-13-29-19/h2-14H,1H3,(H,23,27)(H2,24,25,26,30)/b12-9+. The fourth-order valence-electron chi connectivity index (χ4n) is 2.48. The lowest BCUT2D eigenvalue weighted by atomic mass is 10.2. The highest BCUT2D eigenvalue weighted by atomic mass is 32.1. The third-order valence-electron chi connectivity index (χ3n) is 3.90. The van der Waals surface area contributed by atoms with Crippen molar-refractivity contribution in [3.8, 4) is 5.75 Å². The van der Waals surface area contributed by atoms with E-state index in [9.17, 15) is 9.59 Å². The Balaban J connectivity index is 1.53. The van der Waals surface area contributed by atoms with Crippen LogP contribution in [0.5, 0.6) is 5.75 Å². The highest BCUT2D eigenvalue weighted by molar-refractivity contribution is 7.80. The van der Waals surface area contributed by atoms with Crippen LogP contribution >= 0.6 is 12.2 Å². The van der Waals surface area contributed by atoms with Gasteiger partial charge in [0, 0.05) is 17.5 Å². The van der Waals surface area contributed by atoms with Gasteiger partial charge < -0.3 is 19.8 Å². The van der Waals surface area contributed by atoms with Gasteiger partial charge in [-0.1, -0.05) is 18.2 Å². The molecule has 0 atom stereocenters. The average Bonchev–Trinajstić information content (AvgIpc) is 3.28. The lowest BCUT2D eigenvalue weighted by Gasteiger charge is -2.10. The zero-order valence-corrected chi connectivity index (χ0v) is 16.9. The SMILES string of the molecule is COc1ccc(/C=C/C(=O)NC(=S)Nc2cccc(NC(=O)c3ccco3)c2)cc1. The molecule has 3 rings (SSSR count). The normalized spacial score (nSPS) is 10.4. The summed E-state index contributed by atoms with van der Waals surface area (Å²) in [6.07, 6.45) is 4.48. The van der Waals surface area contributed by atoms with Gasteiger partial charge in [-0.15, -0.1) is 0 Å². The van der Waals surface area contributed by atoms with Crippen molar-refractivity contribution in [2.75, 3.05) is 17.7 Å². The van der Waals surface area contributed by atoms with Crippen LogP contribution in [-0.4, -0.2) is 24.0 Å². The van der Waals surface area contributed by atoms with Crippen LogP contribution in [0.4, 0.5) is 11.4 Å². The molecule has 3 aromatic rings. The summed E-state index contributed by atoms with van der Waals surface area (Å²) in [5.41, 5.74) is 2.01. The number of carbonyl (C=O) groups is 2. The Bertz CT molecular complexity index is 1060. The minimum atomic E-state index is -0.370. The predicted molar refractivity (Wildman–Crippen MR) is 119 cm³/mol. The van der Waals surface area contributed by atoms with Gasteiger partial charge in [-0.25, -0.2) is 0 Å². The number of anilines is 2. The van der Waals surface area contributed by atoms with E-state index in [0.717, 1.165) is 11.3 Å². The molecule has 7 nitrogen and oxygen atoms in total. The molecule has 0 aliphatic carbocycles. The van der Waals surface area contributed by atoms with Crippen molar-refractivity contribution in [2.24, 2.45) is 0 Å². The van der Waals surface area contributed by atoms with E-state index in [2.05, 4.69) is 16.0 Å². The number of benzene rings is 2. The summed E-state index contributed by atoms with van der Waals surface area (Å²) >= 11 is 5.18. The van der Waals surface area contributed by atoms with Gasteiger partial charge in [0.1, 0.15) is 5.75 Å². The summed E-state index contributed by atoms with van der Waals surface area (Å²) in [5.74, 6) is 0.214. The molecule has 0 fully saturated rings. The second-order valence-corrected chi connectivity index (χ2v) is 6.47. The van der Waals surface area contributed by atoms with Gasteiger partial charge in [0.05, 0.1) is 13.4 Å². The first kappa shape index (κ1) is 20.8. The summed E-state index contributed by atoms with van der Waals surface area (Å²) in [6, 6.07) is 17.4. The Morgan fingerprint density at radius 2 is 1.73 bits per heavy atom. The van der Waals surface area contributed by atoms with Crippen LogP contribution in [0.25, 0.3) is 6.08 Å². The van der Waals surface area contributed by atoms with Crippen LogP contribution in [0.2, 0.25) is 0 Å². The van der Waals surface area contributed by atoms with Crippen LogP contribution in [0.1, 0.15) is 16.1 Å². The maximum atomic E-state index is 12.1. The maximum absolute atomic E-state index is 12.1. The van der Waals surface area contributed by atoms with Crippen LogP contribution in [0.15, 0.2) is 77.4 Å². The molecule has 0 spiro atoms. The topological polar surface area (TPSA) is 92.6 Å². The number of furan rings is 1. The molecule has 30 heavy (non-hydrogen) atoms. The molecule has 0 bridgehead atoms. The first-order valence-electron chi connectivity index (χ1n) is 8.92. The first-order chi connectivity index (χ1) is 14.5. The number of carbonyl (C=O) groups excluding carboxylic acids is 2. The van der Waals surface area contributed by atoms with E-state index in [1.54, 1.807) is 61.7 Å². The van der Waals surface area contributed by atoms with Crippen LogP contribution in [0.3, 0.4) is 0 Å². The molecule has 0 unspecified atom stereocenters. The second-order valence-electron chi connectivity index (χ2n) is 6.06. The van der Waals surface area contributed by atoms with Crippen molar-refractivity contribution in [1.82, 2.24) is 5.32 Å². The fraction of sp³-hybridized carbons (Fsp3) is 0.0455. The van der Waals surface area contributed by atoms with Crippen molar-refractivity contribution in [3.05, 3.63) is 84.3 Å². The predicted octanol–water partition coefficient (Wildman–Crippen LogP) is 4.07. The van der Waals surface area contributed by atoms with Crippen molar-refractivity contribution >= 4 is 46.6 Å². The summed E-state index contributed by atoms with van der Waals surface area (Å²) < 4.78 is 10.2. The van der Waals surface area contributed by atoms with Crippen molar-refractivity contribution in [2.45, 2.75) is 0 Å². The molecule has 1 aromatic heterocycles. The molecule has 0 aliphatic rings. The number of methoxy groups -OCH3 is 1. The number of ether oxygens (including phenoxy) is 1. The van der Waals surface area contributed by atoms with E-state index < -0.39 is 0 Å². The van der Waals surface area contributed by atoms with Gasteiger partial charge in [-0.2, -0.15) is 0 Å². The van der Waals surface area contributed by atoms with E-state index in [0.29, 0.717) is 11.4 Å². The van der Waals surface area contributed by atoms with Gasteiger partial charge in [0.2, 0.25) is 5.91 Å². The number of nitrogens with one attached hydrogen (secondary N) is 3. The monoisotopic (exact) mass is 421 g/mol. The smallest absolute Gasteiger partial charge is 0.291 e. The second kappa shape index (κ2) is 10.0. The summed E-state index contributed by atoms with van der Waals surface area (Å²) in [5, 5.41) is 8.34. The third-order valence-corrected chi connectivity index (χ3v) is 4.11. The van der Waals surface area contributed by atoms with Crippen molar-refractivity contribution < 1.29 is 18.7 Å². The van der Waals surface area contributed by atoms with Crippen LogP contribution in [0, 0.1) is 0 Å². The molecule has 3 N–H and O–H groups in total. The van der Waals surface area contributed by atoms with Gasteiger partial charge >= 0.3 is 0 Å². The maximum Gasteiger partial charge on any atom is 0.291 e. The van der Waals surface area contributed by atoms with E-state index in [1.165, 1.54) is 12.3 Å². The minimum Gasteiger partial charge on any atom is -0.497 e.